The van der Waals surface area contributed by atoms with Crippen LogP contribution >= 0.6 is 0 Å². The van der Waals surface area contributed by atoms with Gasteiger partial charge in [0.2, 0.25) is 0 Å². The molecule has 0 bridgehead atoms. The summed E-state index contributed by atoms with van der Waals surface area (Å²) in [5, 5.41) is 9.50. The van der Waals surface area contributed by atoms with Crippen LogP contribution in [0, 0.1) is 11.3 Å². The van der Waals surface area contributed by atoms with Crippen molar-refractivity contribution in [1.29, 1.82) is 5.26 Å². The fourth-order valence-electron chi connectivity index (χ4n) is 2.10. The van der Waals surface area contributed by atoms with Crippen LogP contribution in [0.5, 0.6) is 0 Å². The summed E-state index contributed by atoms with van der Waals surface area (Å²) in [5.41, 5.74) is 7.98. The van der Waals surface area contributed by atoms with Crippen LogP contribution < -0.4 is 5.73 Å². The lowest BCUT2D eigenvalue weighted by atomic mass is 9.78. The molecule has 18 heavy (non-hydrogen) atoms. The van der Waals surface area contributed by atoms with Crippen molar-refractivity contribution >= 4 is 5.69 Å². The number of aromatic nitrogens is 1. The van der Waals surface area contributed by atoms with Gasteiger partial charge >= 0.3 is 0 Å². The van der Waals surface area contributed by atoms with E-state index in [-0.39, 0.29) is 0 Å². The van der Waals surface area contributed by atoms with Gasteiger partial charge in [-0.2, -0.15) is 5.26 Å². The van der Waals surface area contributed by atoms with Gasteiger partial charge in [0.25, 0.3) is 0 Å². The monoisotopic (exact) mass is 237 g/mol. The fraction of sp³-hybridized carbons (Fsp3) is 0.200. The maximum Gasteiger partial charge on any atom is 0.0854 e. The number of pyridine rings is 1. The Morgan fingerprint density at radius 3 is 2.50 bits per heavy atom. The number of nitrogen functional groups attached to an aromatic ring is 1. The Hall–Kier alpha value is -2.34. The van der Waals surface area contributed by atoms with Gasteiger partial charge in [-0.05, 0) is 42.7 Å². The fourth-order valence-corrected chi connectivity index (χ4v) is 2.10. The van der Waals surface area contributed by atoms with Crippen molar-refractivity contribution < 1.29 is 0 Å². The molecule has 1 aromatic carbocycles. The third-order valence-corrected chi connectivity index (χ3v) is 3.11. The molecule has 0 aliphatic carbocycles. The molecule has 1 unspecified atom stereocenters. The molecule has 0 aliphatic heterocycles. The van der Waals surface area contributed by atoms with Gasteiger partial charge in [0.15, 0.2) is 0 Å². The van der Waals surface area contributed by atoms with E-state index in [0.717, 1.165) is 11.1 Å². The first-order valence-corrected chi connectivity index (χ1v) is 5.81. The molecule has 2 aromatic rings. The number of hydrogen-bond acceptors (Lipinski definition) is 3. The largest absolute Gasteiger partial charge is 0.398 e. The molecular weight excluding hydrogens is 222 g/mol. The molecule has 2 N–H and O–H groups in total. The summed E-state index contributed by atoms with van der Waals surface area (Å²) in [6.07, 6.45) is 4.10. The van der Waals surface area contributed by atoms with Crippen LogP contribution in [0.25, 0.3) is 0 Å². The first-order valence-electron chi connectivity index (χ1n) is 5.81. The topological polar surface area (TPSA) is 62.7 Å². The van der Waals surface area contributed by atoms with Crippen LogP contribution in [0.1, 0.15) is 18.1 Å². The van der Waals surface area contributed by atoms with E-state index in [1.807, 2.05) is 43.3 Å². The van der Waals surface area contributed by atoms with Crippen LogP contribution in [0.4, 0.5) is 5.69 Å². The summed E-state index contributed by atoms with van der Waals surface area (Å²) in [7, 11) is 0. The highest BCUT2D eigenvalue weighted by atomic mass is 14.6. The quantitative estimate of drug-likeness (QED) is 0.835. The Morgan fingerprint density at radius 1 is 1.22 bits per heavy atom. The SMILES string of the molecule is CC(C#N)(Cc1ccncc1)c1ccccc1N. The van der Waals surface area contributed by atoms with Crippen LogP contribution in [0.15, 0.2) is 48.8 Å². The van der Waals surface area contributed by atoms with E-state index in [0.29, 0.717) is 12.1 Å². The summed E-state index contributed by atoms with van der Waals surface area (Å²) < 4.78 is 0. The summed E-state index contributed by atoms with van der Waals surface area (Å²) in [6, 6.07) is 13.8. The number of nitrogens with two attached hydrogens (primary N) is 1. The summed E-state index contributed by atoms with van der Waals surface area (Å²) >= 11 is 0. The van der Waals surface area contributed by atoms with E-state index in [4.69, 9.17) is 5.73 Å². The van der Waals surface area contributed by atoms with Crippen molar-refractivity contribution in [2.75, 3.05) is 5.73 Å². The maximum atomic E-state index is 9.50. The minimum Gasteiger partial charge on any atom is -0.398 e. The van der Waals surface area contributed by atoms with Crippen molar-refractivity contribution in [2.24, 2.45) is 0 Å². The average molecular weight is 237 g/mol. The standard InChI is InChI=1S/C15H15N3/c1-15(11-16,10-12-6-8-18-9-7-12)13-4-2-3-5-14(13)17/h2-9H,10,17H2,1H3. The van der Waals surface area contributed by atoms with Crippen molar-refractivity contribution in [3.8, 4) is 6.07 Å². The zero-order valence-electron chi connectivity index (χ0n) is 10.3. The first kappa shape index (κ1) is 12.1. The number of rotatable bonds is 3. The molecule has 0 radical (unpaired) electrons. The van der Waals surface area contributed by atoms with Gasteiger partial charge in [-0.25, -0.2) is 0 Å². The third kappa shape index (κ3) is 2.33. The number of para-hydroxylation sites is 1. The normalized spacial score (nSPS) is 13.6. The lowest BCUT2D eigenvalue weighted by Gasteiger charge is -2.23. The highest BCUT2D eigenvalue weighted by Gasteiger charge is 2.28. The molecule has 90 valence electrons. The summed E-state index contributed by atoms with van der Waals surface area (Å²) in [5.74, 6) is 0. The molecule has 0 aliphatic rings. The zero-order chi connectivity index (χ0) is 13.0. The maximum absolute atomic E-state index is 9.50. The average Bonchev–Trinajstić information content (AvgIpc) is 2.40. The predicted octanol–water partition coefficient (Wildman–Crippen LogP) is 2.69. The van der Waals surface area contributed by atoms with Gasteiger partial charge in [-0.1, -0.05) is 18.2 Å². The van der Waals surface area contributed by atoms with E-state index in [1.54, 1.807) is 12.4 Å². The van der Waals surface area contributed by atoms with Crippen molar-refractivity contribution in [2.45, 2.75) is 18.8 Å². The third-order valence-electron chi connectivity index (χ3n) is 3.11. The molecule has 3 nitrogen and oxygen atoms in total. The molecule has 1 atom stereocenters. The number of anilines is 1. The van der Waals surface area contributed by atoms with E-state index in [1.165, 1.54) is 0 Å². The molecule has 0 spiro atoms. The summed E-state index contributed by atoms with van der Waals surface area (Å²) in [6.45, 7) is 1.92. The van der Waals surface area contributed by atoms with E-state index >= 15 is 0 Å². The highest BCUT2D eigenvalue weighted by Crippen LogP contribution is 2.31. The molecule has 0 saturated carbocycles. The second-order valence-electron chi connectivity index (χ2n) is 4.56. The minimum atomic E-state index is -0.618. The van der Waals surface area contributed by atoms with Crippen LogP contribution in [0.2, 0.25) is 0 Å². The molecule has 1 heterocycles. The van der Waals surface area contributed by atoms with Crippen LogP contribution in [-0.4, -0.2) is 4.98 Å². The minimum absolute atomic E-state index is 0.618. The highest BCUT2D eigenvalue weighted by molar-refractivity contribution is 5.53. The lowest BCUT2D eigenvalue weighted by molar-refractivity contribution is 0.608. The second kappa shape index (κ2) is 4.89. The first-order chi connectivity index (χ1) is 8.65. The van der Waals surface area contributed by atoms with Crippen LogP contribution in [-0.2, 0) is 11.8 Å². The van der Waals surface area contributed by atoms with E-state index < -0.39 is 5.41 Å². The number of nitrogens with zero attached hydrogens (tertiary/aromatic N) is 2. The van der Waals surface area contributed by atoms with Gasteiger partial charge < -0.3 is 5.73 Å². The van der Waals surface area contributed by atoms with Gasteiger partial charge in [0.1, 0.15) is 0 Å². The second-order valence-corrected chi connectivity index (χ2v) is 4.56. The molecule has 0 saturated heterocycles. The van der Waals surface area contributed by atoms with Gasteiger partial charge in [-0.15, -0.1) is 0 Å². The van der Waals surface area contributed by atoms with Crippen molar-refractivity contribution in [3.63, 3.8) is 0 Å². The smallest absolute Gasteiger partial charge is 0.0854 e. The van der Waals surface area contributed by atoms with E-state index in [2.05, 4.69) is 11.1 Å². The predicted molar refractivity (Wildman–Crippen MR) is 71.8 cm³/mol. The Balaban J connectivity index is 2.38. The number of nitriles is 1. The van der Waals surface area contributed by atoms with Crippen molar-refractivity contribution in [3.05, 3.63) is 59.9 Å². The van der Waals surface area contributed by atoms with Gasteiger partial charge in [0, 0.05) is 18.1 Å². The molecule has 2 rings (SSSR count). The molecule has 1 aromatic heterocycles. The van der Waals surface area contributed by atoms with Gasteiger partial charge in [0.05, 0.1) is 11.5 Å². The Labute approximate surface area is 107 Å². The molecule has 0 fully saturated rings. The molecule has 0 amide bonds. The number of hydrogen-bond donors (Lipinski definition) is 1. The number of benzene rings is 1. The van der Waals surface area contributed by atoms with Crippen LogP contribution in [0.3, 0.4) is 0 Å². The molecular formula is C15H15N3. The Kier molecular flexibility index (Phi) is 3.29. The van der Waals surface area contributed by atoms with Gasteiger partial charge in [-0.3, -0.25) is 4.98 Å². The Bertz CT molecular complexity index is 572. The molecule has 3 heteroatoms. The summed E-state index contributed by atoms with van der Waals surface area (Å²) in [4.78, 5) is 3.98. The Morgan fingerprint density at radius 2 is 1.89 bits per heavy atom. The van der Waals surface area contributed by atoms with E-state index in [9.17, 15) is 5.26 Å². The lowest BCUT2D eigenvalue weighted by Crippen LogP contribution is -2.24. The van der Waals surface area contributed by atoms with Crippen molar-refractivity contribution in [1.82, 2.24) is 4.98 Å². The zero-order valence-corrected chi connectivity index (χ0v) is 10.3.